The van der Waals surface area contributed by atoms with Gasteiger partial charge in [-0.2, -0.15) is 5.26 Å². The lowest BCUT2D eigenvalue weighted by Crippen LogP contribution is -2.35. The standard InChI is InChI=1S/C16H20N2O2/c1-12(19)14-7-8-18(11-14)16(20)15(10-17)9-13-5-3-2-4-6-13/h2-6,12,14-15,19H,7-9,11H2,1H3. The van der Waals surface area contributed by atoms with E-state index < -0.39 is 12.0 Å². The molecule has 1 heterocycles. The fourth-order valence-corrected chi connectivity index (χ4v) is 2.64. The maximum Gasteiger partial charge on any atom is 0.240 e. The van der Waals surface area contributed by atoms with Crippen LogP contribution in [0.3, 0.4) is 0 Å². The van der Waals surface area contributed by atoms with Gasteiger partial charge in [0.05, 0.1) is 12.2 Å². The minimum atomic E-state index is -0.634. The van der Waals surface area contributed by atoms with E-state index in [2.05, 4.69) is 6.07 Å². The molecule has 0 radical (unpaired) electrons. The molecule has 0 spiro atoms. The van der Waals surface area contributed by atoms with Crippen molar-refractivity contribution in [2.75, 3.05) is 13.1 Å². The Labute approximate surface area is 119 Å². The molecule has 3 unspecified atom stereocenters. The molecule has 3 atom stereocenters. The number of rotatable bonds is 4. The number of hydrogen-bond donors (Lipinski definition) is 1. The van der Waals surface area contributed by atoms with Crippen LogP contribution in [-0.4, -0.2) is 35.1 Å². The fraction of sp³-hybridized carbons (Fsp3) is 0.500. The lowest BCUT2D eigenvalue weighted by molar-refractivity contribution is -0.132. The van der Waals surface area contributed by atoms with Gasteiger partial charge in [-0.05, 0) is 25.3 Å². The van der Waals surface area contributed by atoms with Crippen LogP contribution in [0.25, 0.3) is 0 Å². The number of likely N-dealkylation sites (tertiary alicyclic amines) is 1. The van der Waals surface area contributed by atoms with E-state index >= 15 is 0 Å². The van der Waals surface area contributed by atoms with E-state index in [-0.39, 0.29) is 11.8 Å². The highest BCUT2D eigenvalue weighted by Gasteiger charge is 2.32. The van der Waals surface area contributed by atoms with Crippen LogP contribution in [0, 0.1) is 23.2 Å². The van der Waals surface area contributed by atoms with Gasteiger partial charge in [0, 0.05) is 19.0 Å². The Hall–Kier alpha value is -1.86. The molecule has 0 aromatic heterocycles. The number of nitrogens with zero attached hydrogens (tertiary/aromatic N) is 2. The number of aliphatic hydroxyl groups is 1. The molecule has 2 rings (SSSR count). The molecule has 0 bridgehead atoms. The van der Waals surface area contributed by atoms with Crippen molar-refractivity contribution in [3.63, 3.8) is 0 Å². The van der Waals surface area contributed by atoms with E-state index in [0.29, 0.717) is 19.5 Å². The lowest BCUT2D eigenvalue weighted by Gasteiger charge is -2.20. The first kappa shape index (κ1) is 14.5. The molecule has 1 amide bonds. The molecule has 1 saturated heterocycles. The summed E-state index contributed by atoms with van der Waals surface area (Å²) in [5.74, 6) is -0.611. The zero-order valence-electron chi connectivity index (χ0n) is 11.7. The topological polar surface area (TPSA) is 64.3 Å². The minimum Gasteiger partial charge on any atom is -0.393 e. The second kappa shape index (κ2) is 6.53. The molecule has 20 heavy (non-hydrogen) atoms. The number of benzene rings is 1. The quantitative estimate of drug-likeness (QED) is 0.905. The first-order valence-corrected chi connectivity index (χ1v) is 7.02. The zero-order valence-corrected chi connectivity index (χ0v) is 11.7. The average molecular weight is 272 g/mol. The van der Waals surface area contributed by atoms with Gasteiger partial charge in [0.25, 0.3) is 0 Å². The molecule has 0 saturated carbocycles. The summed E-state index contributed by atoms with van der Waals surface area (Å²) in [7, 11) is 0. The van der Waals surface area contributed by atoms with Crippen LogP contribution in [0.2, 0.25) is 0 Å². The Balaban J connectivity index is 1.98. The Morgan fingerprint density at radius 3 is 2.75 bits per heavy atom. The maximum atomic E-state index is 12.4. The number of hydrogen-bond acceptors (Lipinski definition) is 3. The van der Waals surface area contributed by atoms with E-state index in [0.717, 1.165) is 12.0 Å². The van der Waals surface area contributed by atoms with Gasteiger partial charge < -0.3 is 10.0 Å². The third-order valence-corrected chi connectivity index (χ3v) is 3.96. The molecule has 106 valence electrons. The Bertz CT molecular complexity index is 493. The summed E-state index contributed by atoms with van der Waals surface area (Å²) in [6.07, 6.45) is 0.862. The molecule has 1 aromatic rings. The molecule has 1 fully saturated rings. The smallest absolute Gasteiger partial charge is 0.240 e. The largest absolute Gasteiger partial charge is 0.393 e. The molecule has 0 aliphatic carbocycles. The maximum absolute atomic E-state index is 12.4. The SMILES string of the molecule is CC(O)C1CCN(C(=O)C(C#N)Cc2ccccc2)C1. The number of carbonyl (C=O) groups is 1. The predicted octanol–water partition coefficient (Wildman–Crippen LogP) is 1.60. The summed E-state index contributed by atoms with van der Waals surface area (Å²) in [6.45, 7) is 2.95. The summed E-state index contributed by atoms with van der Waals surface area (Å²) < 4.78 is 0. The summed E-state index contributed by atoms with van der Waals surface area (Å²) in [5, 5.41) is 18.8. The zero-order chi connectivity index (χ0) is 14.5. The lowest BCUT2D eigenvalue weighted by atomic mass is 9.99. The number of amides is 1. The first-order chi connectivity index (χ1) is 9.61. The van der Waals surface area contributed by atoms with Gasteiger partial charge in [0.1, 0.15) is 5.92 Å². The van der Waals surface area contributed by atoms with E-state index in [9.17, 15) is 15.2 Å². The van der Waals surface area contributed by atoms with Crippen LogP contribution < -0.4 is 0 Å². The molecular weight excluding hydrogens is 252 g/mol. The Morgan fingerprint density at radius 2 is 2.20 bits per heavy atom. The van der Waals surface area contributed by atoms with Gasteiger partial charge in [-0.3, -0.25) is 4.79 Å². The summed E-state index contributed by atoms with van der Waals surface area (Å²) in [4.78, 5) is 14.1. The van der Waals surface area contributed by atoms with E-state index in [1.165, 1.54) is 0 Å². The normalized spacial score (nSPS) is 21.2. The van der Waals surface area contributed by atoms with Crippen molar-refractivity contribution in [1.82, 2.24) is 4.90 Å². The van der Waals surface area contributed by atoms with Crippen molar-refractivity contribution in [1.29, 1.82) is 5.26 Å². The minimum absolute atomic E-state index is 0.112. The molecule has 1 N–H and O–H groups in total. The van der Waals surface area contributed by atoms with Crippen LogP contribution in [-0.2, 0) is 11.2 Å². The predicted molar refractivity (Wildman–Crippen MR) is 75.6 cm³/mol. The highest BCUT2D eigenvalue weighted by atomic mass is 16.3. The summed E-state index contributed by atoms with van der Waals surface area (Å²) >= 11 is 0. The van der Waals surface area contributed by atoms with E-state index in [1.807, 2.05) is 30.3 Å². The number of nitriles is 1. The third-order valence-electron chi connectivity index (χ3n) is 3.96. The van der Waals surface area contributed by atoms with Gasteiger partial charge in [-0.25, -0.2) is 0 Å². The van der Waals surface area contributed by atoms with Gasteiger partial charge in [0.2, 0.25) is 5.91 Å². The number of carbonyl (C=O) groups excluding carboxylic acids is 1. The second-order valence-corrected chi connectivity index (χ2v) is 5.45. The second-order valence-electron chi connectivity index (χ2n) is 5.45. The van der Waals surface area contributed by atoms with Crippen molar-refractivity contribution in [2.24, 2.45) is 11.8 Å². The summed E-state index contributed by atoms with van der Waals surface area (Å²) in [5.41, 5.74) is 0.999. The van der Waals surface area contributed by atoms with Crippen molar-refractivity contribution in [3.05, 3.63) is 35.9 Å². The molecule has 1 aromatic carbocycles. The molecule has 4 nitrogen and oxygen atoms in total. The fourth-order valence-electron chi connectivity index (χ4n) is 2.64. The van der Waals surface area contributed by atoms with Crippen molar-refractivity contribution in [3.8, 4) is 6.07 Å². The summed E-state index contributed by atoms with van der Waals surface area (Å²) in [6, 6.07) is 11.7. The van der Waals surface area contributed by atoms with Crippen molar-refractivity contribution < 1.29 is 9.90 Å². The highest BCUT2D eigenvalue weighted by Crippen LogP contribution is 2.22. The van der Waals surface area contributed by atoms with Gasteiger partial charge in [0.15, 0.2) is 0 Å². The van der Waals surface area contributed by atoms with Gasteiger partial charge in [-0.1, -0.05) is 30.3 Å². The Kier molecular flexibility index (Phi) is 4.75. The van der Waals surface area contributed by atoms with E-state index in [1.54, 1.807) is 11.8 Å². The van der Waals surface area contributed by atoms with E-state index in [4.69, 9.17) is 0 Å². The average Bonchev–Trinajstić information content (AvgIpc) is 2.95. The van der Waals surface area contributed by atoms with Crippen LogP contribution in [0.5, 0.6) is 0 Å². The van der Waals surface area contributed by atoms with Gasteiger partial charge in [-0.15, -0.1) is 0 Å². The molecule has 4 heteroatoms. The molecular formula is C16H20N2O2. The first-order valence-electron chi connectivity index (χ1n) is 7.02. The number of aliphatic hydroxyl groups excluding tert-OH is 1. The van der Waals surface area contributed by atoms with Crippen LogP contribution in [0.15, 0.2) is 30.3 Å². The highest BCUT2D eigenvalue weighted by molar-refractivity contribution is 5.81. The van der Waals surface area contributed by atoms with Gasteiger partial charge >= 0.3 is 0 Å². The van der Waals surface area contributed by atoms with Crippen molar-refractivity contribution in [2.45, 2.75) is 25.9 Å². The van der Waals surface area contributed by atoms with Crippen LogP contribution >= 0.6 is 0 Å². The third kappa shape index (κ3) is 3.37. The van der Waals surface area contributed by atoms with Crippen LogP contribution in [0.4, 0.5) is 0 Å². The monoisotopic (exact) mass is 272 g/mol. The molecule has 1 aliphatic heterocycles. The van der Waals surface area contributed by atoms with Crippen molar-refractivity contribution >= 4 is 5.91 Å². The Morgan fingerprint density at radius 1 is 1.50 bits per heavy atom. The molecule has 1 aliphatic rings. The van der Waals surface area contributed by atoms with Crippen LogP contribution in [0.1, 0.15) is 18.9 Å².